The summed E-state index contributed by atoms with van der Waals surface area (Å²) in [6.07, 6.45) is 1.27. The van der Waals surface area contributed by atoms with Crippen molar-refractivity contribution in [2.75, 3.05) is 44.4 Å². The van der Waals surface area contributed by atoms with Crippen LogP contribution in [0.1, 0.15) is 23.0 Å². The maximum absolute atomic E-state index is 12.0. The lowest BCUT2D eigenvalue weighted by atomic mass is 10.2. The third kappa shape index (κ3) is 3.01. The molecule has 1 atom stereocenters. The molecule has 1 saturated heterocycles. The Bertz CT molecular complexity index is 459. The van der Waals surface area contributed by atoms with Gasteiger partial charge in [0.15, 0.2) is 0 Å². The molecule has 2 N–H and O–H groups in total. The zero-order valence-corrected chi connectivity index (χ0v) is 12.5. The van der Waals surface area contributed by atoms with Crippen LogP contribution < -0.4 is 10.6 Å². The minimum atomic E-state index is -0.0333. The summed E-state index contributed by atoms with van der Waals surface area (Å²) in [5, 5.41) is 1.06. The van der Waals surface area contributed by atoms with Crippen molar-refractivity contribution in [2.24, 2.45) is 0 Å². The molecule has 0 radical (unpaired) electrons. The van der Waals surface area contributed by atoms with Gasteiger partial charge < -0.3 is 20.3 Å². The lowest BCUT2D eigenvalue weighted by Gasteiger charge is -2.33. The zero-order valence-electron chi connectivity index (χ0n) is 11.7. The number of anilines is 2. The normalized spacial score (nSPS) is 19.5. The minimum Gasteiger partial charge on any atom is -0.397 e. The van der Waals surface area contributed by atoms with Gasteiger partial charge in [0.05, 0.1) is 23.4 Å². The summed E-state index contributed by atoms with van der Waals surface area (Å²) in [5.41, 5.74) is 6.53. The van der Waals surface area contributed by atoms with E-state index in [2.05, 4.69) is 11.8 Å². The summed E-state index contributed by atoms with van der Waals surface area (Å²) in [4.78, 5) is 16.4. The molecule has 1 aromatic heterocycles. The van der Waals surface area contributed by atoms with Gasteiger partial charge in [0.1, 0.15) is 4.88 Å². The summed E-state index contributed by atoms with van der Waals surface area (Å²) < 4.78 is 5.66. The third-order valence-electron chi connectivity index (χ3n) is 3.25. The highest BCUT2D eigenvalue weighted by Gasteiger charge is 2.23. The van der Waals surface area contributed by atoms with E-state index in [9.17, 15) is 4.79 Å². The van der Waals surface area contributed by atoms with Crippen LogP contribution in [0.5, 0.6) is 0 Å². The molecular formula is C13H21N3O2S. The van der Waals surface area contributed by atoms with Crippen LogP contribution in [0, 0.1) is 0 Å². The smallest absolute Gasteiger partial charge is 0.265 e. The molecule has 0 aliphatic carbocycles. The molecule has 0 bridgehead atoms. The molecule has 2 rings (SSSR count). The predicted molar refractivity (Wildman–Crippen MR) is 79.0 cm³/mol. The van der Waals surface area contributed by atoms with Crippen LogP contribution in [0.25, 0.3) is 0 Å². The third-order valence-corrected chi connectivity index (χ3v) is 4.45. The highest BCUT2D eigenvalue weighted by atomic mass is 32.1. The molecule has 2 heterocycles. The second kappa shape index (κ2) is 5.79. The van der Waals surface area contributed by atoms with Crippen molar-refractivity contribution in [1.29, 1.82) is 0 Å². The van der Waals surface area contributed by atoms with E-state index in [1.807, 2.05) is 6.07 Å². The van der Waals surface area contributed by atoms with Gasteiger partial charge in [0.25, 0.3) is 5.91 Å². The molecule has 0 saturated carbocycles. The fourth-order valence-electron chi connectivity index (χ4n) is 2.08. The number of rotatable bonds is 3. The molecule has 5 nitrogen and oxygen atoms in total. The number of nitrogens with two attached hydrogens (primary N) is 1. The number of nitrogens with zero attached hydrogens (tertiary/aromatic N) is 2. The van der Waals surface area contributed by atoms with Crippen molar-refractivity contribution >= 4 is 27.9 Å². The van der Waals surface area contributed by atoms with E-state index in [1.54, 1.807) is 19.0 Å². The molecule has 19 heavy (non-hydrogen) atoms. The van der Waals surface area contributed by atoms with Crippen molar-refractivity contribution in [1.82, 2.24) is 4.90 Å². The number of ether oxygens (including phenoxy) is 1. The van der Waals surface area contributed by atoms with E-state index in [4.69, 9.17) is 10.5 Å². The minimum absolute atomic E-state index is 0.0333. The fourth-order valence-corrected chi connectivity index (χ4v) is 3.22. The molecule has 6 heteroatoms. The van der Waals surface area contributed by atoms with Gasteiger partial charge in [-0.15, -0.1) is 11.3 Å². The Morgan fingerprint density at radius 2 is 2.37 bits per heavy atom. The molecule has 1 aromatic rings. The van der Waals surface area contributed by atoms with E-state index in [0.717, 1.165) is 31.1 Å². The monoisotopic (exact) mass is 283 g/mol. The maximum atomic E-state index is 12.0. The molecular weight excluding hydrogens is 262 g/mol. The summed E-state index contributed by atoms with van der Waals surface area (Å²) in [6, 6.07) is 1.90. The van der Waals surface area contributed by atoms with Gasteiger partial charge >= 0.3 is 0 Å². The van der Waals surface area contributed by atoms with E-state index in [-0.39, 0.29) is 12.0 Å². The maximum Gasteiger partial charge on any atom is 0.265 e. The number of carbonyl (C=O) groups is 1. The Balaban J connectivity index is 2.17. The van der Waals surface area contributed by atoms with Crippen molar-refractivity contribution in [3.05, 3.63) is 10.9 Å². The van der Waals surface area contributed by atoms with Crippen LogP contribution in [-0.2, 0) is 4.74 Å². The van der Waals surface area contributed by atoms with E-state index in [1.165, 1.54) is 11.3 Å². The molecule has 0 aromatic carbocycles. The number of hydrogen-bond donors (Lipinski definition) is 1. The number of carbonyl (C=O) groups excluding carboxylic acids is 1. The molecule has 1 fully saturated rings. The summed E-state index contributed by atoms with van der Waals surface area (Å²) in [5.74, 6) is -0.0333. The summed E-state index contributed by atoms with van der Waals surface area (Å²) >= 11 is 1.47. The Hall–Kier alpha value is -1.27. The highest BCUT2D eigenvalue weighted by molar-refractivity contribution is 7.18. The van der Waals surface area contributed by atoms with Crippen LogP contribution in [0.3, 0.4) is 0 Å². The average Bonchev–Trinajstić information content (AvgIpc) is 2.80. The molecule has 1 aliphatic heterocycles. The van der Waals surface area contributed by atoms with Crippen LogP contribution >= 0.6 is 11.3 Å². The first-order valence-electron chi connectivity index (χ1n) is 6.50. The zero-order chi connectivity index (χ0) is 14.0. The average molecular weight is 283 g/mol. The predicted octanol–water partition coefficient (Wildman–Crippen LogP) is 1.65. The van der Waals surface area contributed by atoms with Crippen molar-refractivity contribution in [3.8, 4) is 0 Å². The Kier molecular flexibility index (Phi) is 4.31. The van der Waals surface area contributed by atoms with E-state index < -0.39 is 0 Å². The van der Waals surface area contributed by atoms with Crippen LogP contribution in [0.4, 0.5) is 10.7 Å². The quantitative estimate of drug-likeness (QED) is 0.916. The topological polar surface area (TPSA) is 58.8 Å². The van der Waals surface area contributed by atoms with Gasteiger partial charge in [0.2, 0.25) is 0 Å². The van der Waals surface area contributed by atoms with E-state index in [0.29, 0.717) is 10.6 Å². The van der Waals surface area contributed by atoms with E-state index >= 15 is 0 Å². The SMILES string of the molecule is CCC1CN(c2cc(N)c(C(=O)N(C)C)s2)CCO1. The van der Waals surface area contributed by atoms with Gasteiger partial charge in [-0.05, 0) is 12.5 Å². The second-order valence-corrected chi connectivity index (χ2v) is 5.95. The van der Waals surface area contributed by atoms with Crippen molar-refractivity contribution < 1.29 is 9.53 Å². The van der Waals surface area contributed by atoms with Gasteiger partial charge in [-0.2, -0.15) is 0 Å². The Morgan fingerprint density at radius 1 is 1.63 bits per heavy atom. The first-order chi connectivity index (χ1) is 9.02. The molecule has 0 spiro atoms. The largest absolute Gasteiger partial charge is 0.397 e. The first kappa shape index (κ1) is 14.1. The van der Waals surface area contributed by atoms with Gasteiger partial charge in [-0.3, -0.25) is 4.79 Å². The molecule has 1 unspecified atom stereocenters. The van der Waals surface area contributed by atoms with Crippen molar-refractivity contribution in [3.63, 3.8) is 0 Å². The molecule has 1 aliphatic rings. The van der Waals surface area contributed by atoms with Crippen LogP contribution in [0.15, 0.2) is 6.07 Å². The van der Waals surface area contributed by atoms with Gasteiger partial charge in [-0.1, -0.05) is 6.92 Å². The second-order valence-electron chi connectivity index (χ2n) is 4.92. The van der Waals surface area contributed by atoms with Crippen LogP contribution in [0.2, 0.25) is 0 Å². The lowest BCUT2D eigenvalue weighted by Crippen LogP contribution is -2.41. The Labute approximate surface area is 117 Å². The van der Waals surface area contributed by atoms with Gasteiger partial charge in [0, 0.05) is 27.2 Å². The van der Waals surface area contributed by atoms with Crippen LogP contribution in [-0.4, -0.2) is 50.7 Å². The number of amides is 1. The fraction of sp³-hybridized carbons (Fsp3) is 0.615. The standard InChI is InChI=1S/C13H21N3O2S/c1-4-9-8-16(5-6-18-9)11-7-10(14)12(19-11)13(17)15(2)3/h7,9H,4-6,8,14H2,1-3H3. The highest BCUT2D eigenvalue weighted by Crippen LogP contribution is 2.33. The number of thiophene rings is 1. The number of nitrogen functional groups attached to an aromatic ring is 1. The number of morpholine rings is 1. The lowest BCUT2D eigenvalue weighted by molar-refractivity contribution is 0.0386. The summed E-state index contributed by atoms with van der Waals surface area (Å²) in [6.45, 7) is 4.57. The van der Waals surface area contributed by atoms with Gasteiger partial charge in [-0.25, -0.2) is 0 Å². The molecule has 1 amide bonds. The number of hydrogen-bond acceptors (Lipinski definition) is 5. The summed E-state index contributed by atoms with van der Waals surface area (Å²) in [7, 11) is 3.48. The molecule has 106 valence electrons. The first-order valence-corrected chi connectivity index (χ1v) is 7.32. The Morgan fingerprint density at radius 3 is 3.00 bits per heavy atom. The van der Waals surface area contributed by atoms with Crippen molar-refractivity contribution in [2.45, 2.75) is 19.4 Å².